The minimum atomic E-state index is 0.190. The number of pyridine rings is 1. The van der Waals surface area contributed by atoms with Crippen LogP contribution in [0.15, 0.2) is 29.7 Å². The van der Waals surface area contributed by atoms with Gasteiger partial charge in [0.05, 0.1) is 5.75 Å². The van der Waals surface area contributed by atoms with Crippen LogP contribution >= 0.6 is 11.8 Å². The topological polar surface area (TPSA) is 63.9 Å². The Balaban J connectivity index is 1.64. The third-order valence-corrected chi connectivity index (χ3v) is 4.79. The van der Waals surface area contributed by atoms with Crippen LogP contribution in [-0.4, -0.2) is 49.4 Å². The normalized spacial score (nSPS) is 15.0. The summed E-state index contributed by atoms with van der Waals surface area (Å²) in [7, 11) is 1.91. The number of carbonyl (C=O) groups is 1. The number of thioether (sulfide) groups is 1. The second kappa shape index (κ2) is 6.91. The molecular weight excluding hydrogens is 298 g/mol. The van der Waals surface area contributed by atoms with E-state index >= 15 is 0 Å². The van der Waals surface area contributed by atoms with Gasteiger partial charge in [0.25, 0.3) is 0 Å². The molecule has 116 valence electrons. The Hall–Kier alpha value is -1.89. The maximum Gasteiger partial charge on any atom is 0.233 e. The van der Waals surface area contributed by atoms with Crippen molar-refractivity contribution >= 4 is 17.7 Å². The molecule has 1 aliphatic heterocycles. The van der Waals surface area contributed by atoms with Gasteiger partial charge in [-0.05, 0) is 31.4 Å². The van der Waals surface area contributed by atoms with Gasteiger partial charge >= 0.3 is 0 Å². The first-order valence-electron chi connectivity index (χ1n) is 7.46. The number of aromatic nitrogens is 4. The summed E-state index contributed by atoms with van der Waals surface area (Å²) in [6.07, 6.45) is 6.95. The minimum Gasteiger partial charge on any atom is -0.342 e. The lowest BCUT2D eigenvalue weighted by Crippen LogP contribution is -2.36. The Morgan fingerprint density at radius 3 is 2.82 bits per heavy atom. The van der Waals surface area contributed by atoms with Crippen molar-refractivity contribution in [3.05, 3.63) is 24.5 Å². The fraction of sp³-hybridized carbons (Fsp3) is 0.467. The van der Waals surface area contributed by atoms with E-state index in [1.807, 2.05) is 28.6 Å². The standard InChI is InChI=1S/C15H19N5OS/c1-19-14(12-6-5-7-16-10-12)17-18-15(19)22-11-13(21)20-8-3-2-4-9-20/h5-7,10H,2-4,8-9,11H2,1H3. The average molecular weight is 317 g/mol. The molecule has 1 aliphatic rings. The van der Waals surface area contributed by atoms with E-state index < -0.39 is 0 Å². The van der Waals surface area contributed by atoms with Gasteiger partial charge in [-0.15, -0.1) is 10.2 Å². The summed E-state index contributed by atoms with van der Waals surface area (Å²) < 4.78 is 1.91. The molecule has 7 heteroatoms. The first kappa shape index (κ1) is 15.0. The molecule has 1 fully saturated rings. The monoisotopic (exact) mass is 317 g/mol. The molecule has 0 aliphatic carbocycles. The predicted molar refractivity (Wildman–Crippen MR) is 85.4 cm³/mol. The molecule has 3 heterocycles. The van der Waals surface area contributed by atoms with Gasteiger partial charge in [-0.2, -0.15) is 0 Å². The van der Waals surface area contributed by atoms with Crippen molar-refractivity contribution < 1.29 is 4.79 Å². The van der Waals surface area contributed by atoms with Gasteiger partial charge in [0.15, 0.2) is 11.0 Å². The van der Waals surface area contributed by atoms with Crippen LogP contribution in [-0.2, 0) is 11.8 Å². The number of carbonyl (C=O) groups excluding carboxylic acids is 1. The summed E-state index contributed by atoms with van der Waals surface area (Å²) in [4.78, 5) is 18.2. The molecule has 0 spiro atoms. The highest BCUT2D eigenvalue weighted by atomic mass is 32.2. The molecule has 2 aromatic heterocycles. The Labute approximate surface area is 133 Å². The maximum atomic E-state index is 12.2. The van der Waals surface area contributed by atoms with E-state index in [-0.39, 0.29) is 5.91 Å². The van der Waals surface area contributed by atoms with Gasteiger partial charge in [0, 0.05) is 38.1 Å². The first-order chi connectivity index (χ1) is 10.8. The van der Waals surface area contributed by atoms with Crippen molar-refractivity contribution in [2.45, 2.75) is 24.4 Å². The number of hydrogen-bond donors (Lipinski definition) is 0. The largest absolute Gasteiger partial charge is 0.342 e. The van der Waals surface area contributed by atoms with Crippen LogP contribution in [0.2, 0.25) is 0 Å². The molecule has 1 saturated heterocycles. The second-order valence-electron chi connectivity index (χ2n) is 5.34. The van der Waals surface area contributed by atoms with Crippen LogP contribution < -0.4 is 0 Å². The molecule has 2 aromatic rings. The van der Waals surface area contributed by atoms with Crippen molar-refractivity contribution in [3.63, 3.8) is 0 Å². The Morgan fingerprint density at radius 1 is 1.27 bits per heavy atom. The van der Waals surface area contributed by atoms with Crippen molar-refractivity contribution in [3.8, 4) is 11.4 Å². The van der Waals surface area contributed by atoms with Crippen molar-refractivity contribution in [2.24, 2.45) is 7.05 Å². The number of piperidine rings is 1. The lowest BCUT2D eigenvalue weighted by Gasteiger charge is -2.26. The zero-order valence-corrected chi connectivity index (χ0v) is 13.4. The molecule has 0 unspecified atom stereocenters. The molecule has 3 rings (SSSR count). The molecular formula is C15H19N5OS. The van der Waals surface area contributed by atoms with E-state index in [0.717, 1.165) is 42.5 Å². The summed E-state index contributed by atoms with van der Waals surface area (Å²) in [5, 5.41) is 9.14. The van der Waals surface area contributed by atoms with Gasteiger partial charge in [-0.25, -0.2) is 0 Å². The third kappa shape index (κ3) is 3.30. The van der Waals surface area contributed by atoms with E-state index in [4.69, 9.17) is 0 Å². The van der Waals surface area contributed by atoms with Gasteiger partial charge < -0.3 is 9.47 Å². The molecule has 1 amide bonds. The number of likely N-dealkylation sites (tertiary alicyclic amines) is 1. The number of nitrogens with zero attached hydrogens (tertiary/aromatic N) is 5. The smallest absolute Gasteiger partial charge is 0.233 e. The average Bonchev–Trinajstić information content (AvgIpc) is 2.95. The molecule has 0 radical (unpaired) electrons. The first-order valence-corrected chi connectivity index (χ1v) is 8.44. The summed E-state index contributed by atoms with van der Waals surface area (Å²) in [6, 6.07) is 3.82. The van der Waals surface area contributed by atoms with Crippen LogP contribution in [0.25, 0.3) is 11.4 Å². The molecule has 0 saturated carbocycles. The van der Waals surface area contributed by atoms with Gasteiger partial charge in [0.1, 0.15) is 0 Å². The number of rotatable bonds is 4. The van der Waals surface area contributed by atoms with E-state index in [9.17, 15) is 4.79 Å². The minimum absolute atomic E-state index is 0.190. The van der Waals surface area contributed by atoms with Crippen molar-refractivity contribution in [2.75, 3.05) is 18.8 Å². The fourth-order valence-corrected chi connectivity index (χ4v) is 3.36. The summed E-state index contributed by atoms with van der Waals surface area (Å²) >= 11 is 1.44. The Bertz CT molecular complexity index is 637. The molecule has 0 atom stereocenters. The zero-order chi connectivity index (χ0) is 15.4. The van der Waals surface area contributed by atoms with Crippen molar-refractivity contribution in [1.29, 1.82) is 0 Å². The lowest BCUT2D eigenvalue weighted by atomic mass is 10.1. The maximum absolute atomic E-state index is 12.2. The molecule has 6 nitrogen and oxygen atoms in total. The van der Waals surface area contributed by atoms with Crippen LogP contribution in [0, 0.1) is 0 Å². The van der Waals surface area contributed by atoms with E-state index in [1.54, 1.807) is 12.4 Å². The molecule has 0 bridgehead atoms. The summed E-state index contributed by atoms with van der Waals surface area (Å²) in [5.74, 6) is 1.37. The highest BCUT2D eigenvalue weighted by molar-refractivity contribution is 7.99. The van der Waals surface area contributed by atoms with Crippen LogP contribution in [0.1, 0.15) is 19.3 Å². The fourth-order valence-electron chi connectivity index (χ4n) is 2.55. The summed E-state index contributed by atoms with van der Waals surface area (Å²) in [5.41, 5.74) is 0.923. The predicted octanol–water partition coefficient (Wildman–Crippen LogP) is 1.98. The molecule has 0 N–H and O–H groups in total. The second-order valence-corrected chi connectivity index (χ2v) is 6.28. The highest BCUT2D eigenvalue weighted by Crippen LogP contribution is 2.22. The van der Waals surface area contributed by atoms with Gasteiger partial charge in [-0.1, -0.05) is 11.8 Å². The Morgan fingerprint density at radius 2 is 2.09 bits per heavy atom. The number of hydrogen-bond acceptors (Lipinski definition) is 5. The van der Waals surface area contributed by atoms with E-state index in [0.29, 0.717) is 5.75 Å². The lowest BCUT2D eigenvalue weighted by molar-refractivity contribution is -0.129. The number of amides is 1. The van der Waals surface area contributed by atoms with Gasteiger partial charge in [-0.3, -0.25) is 9.78 Å². The quantitative estimate of drug-likeness (QED) is 0.807. The highest BCUT2D eigenvalue weighted by Gasteiger charge is 2.18. The van der Waals surface area contributed by atoms with Crippen LogP contribution in [0.5, 0.6) is 0 Å². The third-order valence-electron chi connectivity index (χ3n) is 3.79. The molecule has 22 heavy (non-hydrogen) atoms. The van der Waals surface area contributed by atoms with Gasteiger partial charge in [0.2, 0.25) is 5.91 Å². The van der Waals surface area contributed by atoms with Crippen LogP contribution in [0.4, 0.5) is 0 Å². The molecule has 0 aromatic carbocycles. The van der Waals surface area contributed by atoms with Crippen LogP contribution in [0.3, 0.4) is 0 Å². The van der Waals surface area contributed by atoms with E-state index in [1.165, 1.54) is 18.2 Å². The Kier molecular flexibility index (Phi) is 4.72. The van der Waals surface area contributed by atoms with Crippen molar-refractivity contribution in [1.82, 2.24) is 24.6 Å². The zero-order valence-electron chi connectivity index (χ0n) is 12.6. The van der Waals surface area contributed by atoms with E-state index in [2.05, 4.69) is 15.2 Å². The SMILES string of the molecule is Cn1c(SCC(=O)N2CCCCC2)nnc1-c1cccnc1. The summed E-state index contributed by atoms with van der Waals surface area (Å²) in [6.45, 7) is 1.78.